The summed E-state index contributed by atoms with van der Waals surface area (Å²) in [6.07, 6.45) is 3.27. The average Bonchev–Trinajstić information content (AvgIpc) is 2.31. The van der Waals surface area contributed by atoms with Gasteiger partial charge in [-0.05, 0) is 26.5 Å². The Morgan fingerprint density at radius 2 is 1.82 bits per heavy atom. The molecule has 1 aromatic heterocycles. The van der Waals surface area contributed by atoms with Crippen molar-refractivity contribution in [2.45, 2.75) is 39.3 Å². The molecule has 0 radical (unpaired) electrons. The van der Waals surface area contributed by atoms with Crippen molar-refractivity contribution in [3.05, 3.63) is 11.3 Å². The summed E-state index contributed by atoms with van der Waals surface area (Å²) in [5.74, 6) is 0.951. The molecule has 1 aromatic rings. The van der Waals surface area contributed by atoms with Gasteiger partial charge in [0.05, 0.1) is 0 Å². The number of aryl methyl sites for hydroxylation is 1. The van der Waals surface area contributed by atoms with Gasteiger partial charge < -0.3 is 5.43 Å². The van der Waals surface area contributed by atoms with Crippen LogP contribution in [0.2, 0.25) is 0 Å². The Labute approximate surface area is 108 Å². The highest BCUT2D eigenvalue weighted by Crippen LogP contribution is 2.20. The summed E-state index contributed by atoms with van der Waals surface area (Å²) >= 11 is 1.58. The lowest BCUT2D eigenvalue weighted by atomic mass is 10.2. The molecule has 1 aliphatic heterocycles. The van der Waals surface area contributed by atoms with E-state index < -0.39 is 0 Å². The lowest BCUT2D eigenvalue weighted by Crippen LogP contribution is -2.42. The highest BCUT2D eigenvalue weighted by Gasteiger charge is 2.16. The molecule has 0 aromatic carbocycles. The van der Waals surface area contributed by atoms with Crippen LogP contribution in [0.3, 0.4) is 0 Å². The maximum atomic E-state index is 4.47. The summed E-state index contributed by atoms with van der Waals surface area (Å²) in [4.78, 5) is 8.87. The minimum absolute atomic E-state index is 0.834. The molecule has 0 amide bonds. The van der Waals surface area contributed by atoms with E-state index in [1.54, 1.807) is 11.8 Å². The van der Waals surface area contributed by atoms with Crippen LogP contribution in [-0.2, 0) is 0 Å². The SMILES string of the molecule is CC.CSc1nc(C)c(C)c(NN2CCC2)n1. The van der Waals surface area contributed by atoms with Gasteiger partial charge in [0.1, 0.15) is 5.82 Å². The van der Waals surface area contributed by atoms with Crippen molar-refractivity contribution in [1.82, 2.24) is 15.0 Å². The van der Waals surface area contributed by atoms with Crippen molar-refractivity contribution in [2.75, 3.05) is 24.8 Å². The number of anilines is 1. The summed E-state index contributed by atoms with van der Waals surface area (Å²) in [6.45, 7) is 10.3. The molecular weight excluding hydrogens is 232 g/mol. The molecule has 17 heavy (non-hydrogen) atoms. The first kappa shape index (κ1) is 14.3. The van der Waals surface area contributed by atoms with Gasteiger partial charge in [-0.3, -0.25) is 0 Å². The van der Waals surface area contributed by atoms with E-state index in [2.05, 4.69) is 27.3 Å². The number of rotatable bonds is 3. The molecule has 1 aliphatic rings. The number of thioether (sulfide) groups is 1. The fourth-order valence-corrected chi connectivity index (χ4v) is 1.79. The molecular formula is C12H22N4S. The monoisotopic (exact) mass is 254 g/mol. The van der Waals surface area contributed by atoms with Crippen LogP contribution in [0, 0.1) is 13.8 Å². The Morgan fingerprint density at radius 1 is 1.18 bits per heavy atom. The fraction of sp³-hybridized carbons (Fsp3) is 0.667. The van der Waals surface area contributed by atoms with Crippen molar-refractivity contribution in [3.63, 3.8) is 0 Å². The van der Waals surface area contributed by atoms with Crippen molar-refractivity contribution in [3.8, 4) is 0 Å². The molecule has 1 N–H and O–H groups in total. The van der Waals surface area contributed by atoms with E-state index in [0.29, 0.717) is 0 Å². The lowest BCUT2D eigenvalue weighted by molar-refractivity contribution is 0.224. The van der Waals surface area contributed by atoms with Gasteiger partial charge in [-0.1, -0.05) is 25.6 Å². The fourth-order valence-electron chi connectivity index (χ4n) is 1.38. The van der Waals surface area contributed by atoms with Crippen LogP contribution < -0.4 is 5.43 Å². The third kappa shape index (κ3) is 3.57. The second kappa shape index (κ2) is 6.81. The molecule has 0 aliphatic carbocycles. The smallest absolute Gasteiger partial charge is 0.189 e. The second-order valence-electron chi connectivity index (χ2n) is 3.72. The molecule has 1 fully saturated rings. The Hall–Kier alpha value is -0.810. The van der Waals surface area contributed by atoms with E-state index in [1.807, 2.05) is 27.0 Å². The van der Waals surface area contributed by atoms with Gasteiger partial charge >= 0.3 is 0 Å². The third-order valence-corrected chi connectivity index (χ3v) is 3.22. The number of nitrogens with one attached hydrogen (secondary N) is 1. The molecule has 0 bridgehead atoms. The van der Waals surface area contributed by atoms with E-state index in [0.717, 1.165) is 35.3 Å². The predicted octanol–water partition coefficient (Wildman–Crippen LogP) is 2.87. The zero-order valence-corrected chi connectivity index (χ0v) is 12.2. The van der Waals surface area contributed by atoms with Crippen molar-refractivity contribution >= 4 is 17.6 Å². The summed E-state index contributed by atoms with van der Waals surface area (Å²) in [7, 11) is 0. The Bertz CT molecular complexity index is 364. The van der Waals surface area contributed by atoms with Crippen molar-refractivity contribution in [2.24, 2.45) is 0 Å². The Balaban J connectivity index is 0.000000686. The van der Waals surface area contributed by atoms with Crippen LogP contribution >= 0.6 is 11.8 Å². The van der Waals surface area contributed by atoms with Gasteiger partial charge in [0, 0.05) is 24.3 Å². The molecule has 4 nitrogen and oxygen atoms in total. The van der Waals surface area contributed by atoms with Crippen LogP contribution in [0.1, 0.15) is 31.5 Å². The topological polar surface area (TPSA) is 41.1 Å². The number of hydrogen-bond acceptors (Lipinski definition) is 5. The van der Waals surface area contributed by atoms with Gasteiger partial charge in [-0.25, -0.2) is 15.0 Å². The zero-order chi connectivity index (χ0) is 12.8. The van der Waals surface area contributed by atoms with E-state index in [1.165, 1.54) is 6.42 Å². The predicted molar refractivity (Wildman–Crippen MR) is 74.4 cm³/mol. The minimum Gasteiger partial charge on any atom is -0.303 e. The standard InChI is InChI=1S/C10H16N4S.C2H6/c1-7-8(2)11-10(15-3)12-9(7)13-14-5-4-6-14;1-2/h4-6H2,1-3H3,(H,11,12,13);1-2H3. The highest BCUT2D eigenvalue weighted by molar-refractivity contribution is 7.98. The van der Waals surface area contributed by atoms with E-state index >= 15 is 0 Å². The average molecular weight is 254 g/mol. The first-order valence-corrected chi connectivity index (χ1v) is 7.34. The number of aromatic nitrogens is 2. The minimum atomic E-state index is 0.834. The first-order chi connectivity index (χ1) is 8.20. The zero-order valence-electron chi connectivity index (χ0n) is 11.4. The number of hydrogen-bond donors (Lipinski definition) is 1. The van der Waals surface area contributed by atoms with E-state index in [-0.39, 0.29) is 0 Å². The number of nitrogens with zero attached hydrogens (tertiary/aromatic N) is 3. The summed E-state index contributed by atoms with van der Waals surface area (Å²) in [6, 6.07) is 0. The maximum Gasteiger partial charge on any atom is 0.189 e. The Kier molecular flexibility index (Phi) is 5.71. The van der Waals surface area contributed by atoms with Crippen molar-refractivity contribution in [1.29, 1.82) is 0 Å². The molecule has 2 heterocycles. The molecule has 0 spiro atoms. The first-order valence-electron chi connectivity index (χ1n) is 6.11. The summed E-state index contributed by atoms with van der Waals surface area (Å²) < 4.78 is 0. The lowest BCUT2D eigenvalue weighted by Gasteiger charge is -2.32. The normalized spacial score (nSPS) is 14.6. The van der Waals surface area contributed by atoms with E-state index in [9.17, 15) is 0 Å². The summed E-state index contributed by atoms with van der Waals surface area (Å²) in [5.41, 5.74) is 5.52. The molecule has 2 rings (SSSR count). The molecule has 5 heteroatoms. The Morgan fingerprint density at radius 3 is 2.29 bits per heavy atom. The molecule has 0 saturated carbocycles. The van der Waals surface area contributed by atoms with Gasteiger partial charge in [0.25, 0.3) is 0 Å². The molecule has 96 valence electrons. The largest absolute Gasteiger partial charge is 0.303 e. The molecule has 0 unspecified atom stereocenters. The van der Waals surface area contributed by atoms with Crippen molar-refractivity contribution < 1.29 is 0 Å². The van der Waals surface area contributed by atoms with Gasteiger partial charge in [0.2, 0.25) is 0 Å². The van der Waals surface area contributed by atoms with E-state index in [4.69, 9.17) is 0 Å². The molecule has 0 atom stereocenters. The summed E-state index contributed by atoms with van der Waals surface area (Å²) in [5, 5.41) is 3.01. The van der Waals surface area contributed by atoms with Crippen LogP contribution in [-0.4, -0.2) is 34.3 Å². The van der Waals surface area contributed by atoms with Crippen LogP contribution in [0.4, 0.5) is 5.82 Å². The van der Waals surface area contributed by atoms with Gasteiger partial charge in [-0.2, -0.15) is 0 Å². The molecule has 1 saturated heterocycles. The van der Waals surface area contributed by atoms with Crippen LogP contribution in [0.15, 0.2) is 5.16 Å². The second-order valence-corrected chi connectivity index (χ2v) is 4.50. The number of hydrazine groups is 1. The van der Waals surface area contributed by atoms with Gasteiger partial charge in [-0.15, -0.1) is 0 Å². The quantitative estimate of drug-likeness (QED) is 0.663. The highest BCUT2D eigenvalue weighted by atomic mass is 32.2. The van der Waals surface area contributed by atoms with Gasteiger partial charge in [0.15, 0.2) is 5.16 Å². The third-order valence-electron chi connectivity index (χ3n) is 2.67. The van der Waals surface area contributed by atoms with Crippen LogP contribution in [0.25, 0.3) is 0 Å². The maximum absolute atomic E-state index is 4.47. The van der Waals surface area contributed by atoms with Crippen LogP contribution in [0.5, 0.6) is 0 Å².